The fourth-order valence-corrected chi connectivity index (χ4v) is 3.14. The molecule has 0 spiro atoms. The molecule has 1 N–H and O–H groups in total. The number of hydrogen-bond donors (Lipinski definition) is 1. The predicted octanol–water partition coefficient (Wildman–Crippen LogP) is 1.14. The van der Waals surface area contributed by atoms with Crippen LogP contribution in [0.4, 0.5) is 0 Å². The molecular weight excluding hydrogens is 344 g/mol. The van der Waals surface area contributed by atoms with Crippen molar-refractivity contribution in [1.29, 1.82) is 0 Å². The third kappa shape index (κ3) is 3.74. The molecule has 4 rings (SSSR count). The van der Waals surface area contributed by atoms with Gasteiger partial charge >= 0.3 is 0 Å². The highest BCUT2D eigenvalue weighted by Crippen LogP contribution is 2.18. The molecule has 0 saturated heterocycles. The Hall–Kier alpha value is -3.42. The van der Waals surface area contributed by atoms with E-state index in [9.17, 15) is 9.59 Å². The number of nitrogens with one attached hydrogen (secondary N) is 1. The molecule has 0 unspecified atom stereocenters. The standard InChI is InChI=1S/C19H18N6O2/c26-17(4-3-13-2-1-6-20-10-13)25-9-5-15-14(12-25)19(27)24-18(23-15)16-11-21-7-8-22-16/h1-2,6-8,10-11H,3-5,9,12H2,(H,23,24,27). The zero-order valence-corrected chi connectivity index (χ0v) is 14.6. The van der Waals surface area contributed by atoms with Gasteiger partial charge in [-0.05, 0) is 18.1 Å². The van der Waals surface area contributed by atoms with Crippen molar-refractivity contribution < 1.29 is 4.79 Å². The third-order valence-corrected chi connectivity index (χ3v) is 4.58. The van der Waals surface area contributed by atoms with Crippen LogP contribution in [-0.2, 0) is 24.2 Å². The molecule has 1 aliphatic heterocycles. The van der Waals surface area contributed by atoms with Crippen molar-refractivity contribution >= 4 is 5.91 Å². The fourth-order valence-electron chi connectivity index (χ4n) is 3.14. The molecule has 0 aromatic carbocycles. The molecule has 0 aliphatic carbocycles. The monoisotopic (exact) mass is 362 g/mol. The third-order valence-electron chi connectivity index (χ3n) is 4.58. The van der Waals surface area contributed by atoms with E-state index in [1.807, 2.05) is 12.1 Å². The number of hydrogen-bond acceptors (Lipinski definition) is 6. The van der Waals surface area contributed by atoms with Crippen LogP contribution in [-0.4, -0.2) is 42.3 Å². The molecule has 1 amide bonds. The lowest BCUT2D eigenvalue weighted by Gasteiger charge is -2.28. The molecule has 0 bridgehead atoms. The van der Waals surface area contributed by atoms with Crippen molar-refractivity contribution in [2.75, 3.05) is 6.54 Å². The minimum atomic E-state index is -0.231. The molecule has 0 fully saturated rings. The summed E-state index contributed by atoms with van der Waals surface area (Å²) in [7, 11) is 0. The Morgan fingerprint density at radius 3 is 2.85 bits per heavy atom. The number of nitrogens with zero attached hydrogens (tertiary/aromatic N) is 5. The Kier molecular flexibility index (Phi) is 4.69. The Morgan fingerprint density at radius 2 is 2.07 bits per heavy atom. The summed E-state index contributed by atoms with van der Waals surface area (Å²) in [6.45, 7) is 0.833. The van der Waals surface area contributed by atoms with Gasteiger partial charge in [-0.1, -0.05) is 6.07 Å². The van der Waals surface area contributed by atoms with E-state index in [2.05, 4.69) is 24.9 Å². The lowest BCUT2D eigenvalue weighted by Crippen LogP contribution is -2.39. The van der Waals surface area contributed by atoms with E-state index < -0.39 is 0 Å². The molecule has 8 heteroatoms. The summed E-state index contributed by atoms with van der Waals surface area (Å²) in [5.41, 5.74) is 2.58. The Morgan fingerprint density at radius 1 is 1.19 bits per heavy atom. The molecule has 0 atom stereocenters. The van der Waals surface area contributed by atoms with Crippen LogP contribution in [0.5, 0.6) is 0 Å². The molecule has 8 nitrogen and oxygen atoms in total. The van der Waals surface area contributed by atoms with Crippen molar-refractivity contribution in [3.05, 3.63) is 70.3 Å². The SMILES string of the molecule is O=C(CCc1cccnc1)N1CCc2nc(-c3cnccn3)[nH]c(=O)c2C1. The number of H-pyrrole nitrogens is 1. The molecule has 0 saturated carbocycles. The van der Waals surface area contributed by atoms with E-state index in [-0.39, 0.29) is 18.0 Å². The van der Waals surface area contributed by atoms with Gasteiger partial charge < -0.3 is 9.88 Å². The van der Waals surface area contributed by atoms with Crippen molar-refractivity contribution in [2.24, 2.45) is 0 Å². The first-order valence-corrected chi connectivity index (χ1v) is 8.76. The maximum atomic E-state index is 12.5. The number of aryl methyl sites for hydroxylation is 1. The molecule has 3 aromatic heterocycles. The minimum absolute atomic E-state index is 0.0295. The lowest BCUT2D eigenvalue weighted by molar-refractivity contribution is -0.132. The molecular formula is C19H18N6O2. The van der Waals surface area contributed by atoms with Crippen LogP contribution in [0.1, 0.15) is 23.2 Å². The molecule has 1 aliphatic rings. The summed E-state index contributed by atoms with van der Waals surface area (Å²) in [4.78, 5) is 46.3. The highest BCUT2D eigenvalue weighted by molar-refractivity contribution is 5.76. The van der Waals surface area contributed by atoms with Crippen LogP contribution in [0.3, 0.4) is 0 Å². The van der Waals surface area contributed by atoms with Gasteiger partial charge in [0.25, 0.3) is 5.56 Å². The van der Waals surface area contributed by atoms with E-state index >= 15 is 0 Å². The van der Waals surface area contributed by atoms with Gasteiger partial charge in [-0.25, -0.2) is 9.97 Å². The topological polar surface area (TPSA) is 105 Å². The smallest absolute Gasteiger partial charge is 0.256 e. The largest absolute Gasteiger partial charge is 0.338 e. The van der Waals surface area contributed by atoms with Gasteiger partial charge in [0.15, 0.2) is 5.82 Å². The highest BCUT2D eigenvalue weighted by Gasteiger charge is 2.24. The zero-order chi connectivity index (χ0) is 18.6. The quantitative estimate of drug-likeness (QED) is 0.746. The number of amides is 1. The second kappa shape index (κ2) is 7.45. The number of aromatic amines is 1. The van der Waals surface area contributed by atoms with E-state index in [1.165, 1.54) is 0 Å². The van der Waals surface area contributed by atoms with Gasteiger partial charge in [0.1, 0.15) is 5.69 Å². The zero-order valence-electron chi connectivity index (χ0n) is 14.6. The van der Waals surface area contributed by atoms with Crippen LogP contribution < -0.4 is 5.56 Å². The van der Waals surface area contributed by atoms with Gasteiger partial charge in [-0.2, -0.15) is 0 Å². The minimum Gasteiger partial charge on any atom is -0.338 e. The average molecular weight is 362 g/mol. The van der Waals surface area contributed by atoms with Crippen molar-refractivity contribution in [3.8, 4) is 11.5 Å². The number of rotatable bonds is 4. The van der Waals surface area contributed by atoms with Crippen LogP contribution in [0.15, 0.2) is 47.9 Å². The van der Waals surface area contributed by atoms with Crippen molar-refractivity contribution in [3.63, 3.8) is 0 Å². The summed E-state index contributed by atoms with van der Waals surface area (Å²) in [5.74, 6) is 0.435. The normalized spacial score (nSPS) is 13.3. The summed E-state index contributed by atoms with van der Waals surface area (Å²) < 4.78 is 0. The van der Waals surface area contributed by atoms with E-state index in [4.69, 9.17) is 0 Å². The van der Waals surface area contributed by atoms with Crippen molar-refractivity contribution in [1.82, 2.24) is 29.8 Å². The van der Waals surface area contributed by atoms with Crippen LogP contribution in [0.25, 0.3) is 11.5 Å². The van der Waals surface area contributed by atoms with Gasteiger partial charge in [0.05, 0.1) is 24.0 Å². The van der Waals surface area contributed by atoms with Crippen LogP contribution >= 0.6 is 0 Å². The number of fused-ring (bicyclic) bond motifs is 1. The number of carbonyl (C=O) groups is 1. The first-order valence-electron chi connectivity index (χ1n) is 8.76. The summed E-state index contributed by atoms with van der Waals surface area (Å²) >= 11 is 0. The fraction of sp³-hybridized carbons (Fsp3) is 0.263. The summed E-state index contributed by atoms with van der Waals surface area (Å²) in [6.07, 6.45) is 9.72. The van der Waals surface area contributed by atoms with Crippen LogP contribution in [0, 0.1) is 0 Å². The van der Waals surface area contributed by atoms with Gasteiger partial charge in [-0.15, -0.1) is 0 Å². The first-order chi connectivity index (χ1) is 13.2. The maximum Gasteiger partial charge on any atom is 0.256 e. The molecule has 136 valence electrons. The van der Waals surface area contributed by atoms with E-state index in [1.54, 1.807) is 35.9 Å². The summed E-state index contributed by atoms with van der Waals surface area (Å²) in [6, 6.07) is 3.81. The Labute approximate surface area is 155 Å². The molecule has 3 aromatic rings. The Balaban J connectivity index is 1.48. The number of carbonyl (C=O) groups excluding carboxylic acids is 1. The van der Waals surface area contributed by atoms with E-state index in [0.29, 0.717) is 42.9 Å². The van der Waals surface area contributed by atoms with Crippen molar-refractivity contribution in [2.45, 2.75) is 25.8 Å². The van der Waals surface area contributed by atoms with Gasteiger partial charge in [-0.3, -0.25) is 19.6 Å². The summed E-state index contributed by atoms with van der Waals surface area (Å²) in [5, 5.41) is 0. The number of aromatic nitrogens is 5. The highest BCUT2D eigenvalue weighted by atomic mass is 16.2. The van der Waals surface area contributed by atoms with Gasteiger partial charge in [0.2, 0.25) is 5.91 Å². The first kappa shape index (κ1) is 17.0. The predicted molar refractivity (Wildman–Crippen MR) is 97.6 cm³/mol. The van der Waals surface area contributed by atoms with E-state index in [0.717, 1.165) is 11.3 Å². The number of pyridine rings is 1. The molecule has 4 heterocycles. The molecule has 27 heavy (non-hydrogen) atoms. The van der Waals surface area contributed by atoms with Gasteiger partial charge in [0, 0.05) is 44.2 Å². The maximum absolute atomic E-state index is 12.5. The Bertz CT molecular complexity index is 1000. The second-order valence-electron chi connectivity index (χ2n) is 6.36. The molecule has 0 radical (unpaired) electrons. The lowest BCUT2D eigenvalue weighted by atomic mass is 10.1. The van der Waals surface area contributed by atoms with Crippen LogP contribution in [0.2, 0.25) is 0 Å². The average Bonchev–Trinajstić information content (AvgIpc) is 2.73. The second-order valence-corrected chi connectivity index (χ2v) is 6.36.